The van der Waals surface area contributed by atoms with Crippen LogP contribution in [0.4, 0.5) is 0 Å². The topological polar surface area (TPSA) is 40.3 Å². The standard InChI is InChI=1S/C39H87N7/c1-13-22-26-27-31-40-37(29-30-38(10,41-19-7)44(32-17-5)33-18-6)39(42(11)12,43(20-8)21-9)46(36-28-23-14-2)45(34-24-15-3)35-25-16-4/h37,40-41H,13-36H2,1-12H3. The molecule has 0 fully saturated rings. The van der Waals surface area contributed by atoms with Crippen molar-refractivity contribution in [3.63, 3.8) is 0 Å². The van der Waals surface area contributed by atoms with Gasteiger partial charge in [-0.05, 0) is 112 Å². The van der Waals surface area contributed by atoms with Crippen molar-refractivity contribution in [2.24, 2.45) is 0 Å². The Kier molecular flexibility index (Phi) is 27.4. The highest BCUT2D eigenvalue weighted by Crippen LogP contribution is 2.34. The molecule has 3 atom stereocenters. The molecule has 0 saturated carbocycles. The maximum absolute atomic E-state index is 4.31. The van der Waals surface area contributed by atoms with Gasteiger partial charge in [-0.1, -0.05) is 107 Å². The van der Waals surface area contributed by atoms with Gasteiger partial charge in [0.1, 0.15) is 0 Å². The van der Waals surface area contributed by atoms with Crippen LogP contribution in [-0.4, -0.2) is 115 Å². The fraction of sp³-hybridized carbons (Fsp3) is 1.00. The molecule has 46 heavy (non-hydrogen) atoms. The highest BCUT2D eigenvalue weighted by molar-refractivity contribution is 5.00. The number of hydrogen-bond acceptors (Lipinski definition) is 7. The molecule has 0 rings (SSSR count). The van der Waals surface area contributed by atoms with E-state index in [1.807, 2.05) is 0 Å². The zero-order chi connectivity index (χ0) is 34.8. The van der Waals surface area contributed by atoms with Crippen molar-refractivity contribution in [1.29, 1.82) is 0 Å². The molecule has 7 heteroatoms. The second kappa shape index (κ2) is 27.5. The molecule has 0 spiro atoms. The number of rotatable bonds is 33. The highest BCUT2D eigenvalue weighted by Gasteiger charge is 2.52. The third-order valence-electron chi connectivity index (χ3n) is 10.2. The summed E-state index contributed by atoms with van der Waals surface area (Å²) in [4.78, 5) is 8.16. The molecule has 0 amide bonds. The Balaban J connectivity index is 7.32. The van der Waals surface area contributed by atoms with Gasteiger partial charge in [0.25, 0.3) is 0 Å². The number of hydrogen-bond donors (Lipinski definition) is 2. The van der Waals surface area contributed by atoms with Gasteiger partial charge in [0, 0.05) is 19.6 Å². The zero-order valence-corrected chi connectivity index (χ0v) is 33.8. The summed E-state index contributed by atoms with van der Waals surface area (Å²) in [6, 6.07) is 0.291. The molecular weight excluding hydrogens is 566 g/mol. The van der Waals surface area contributed by atoms with Crippen molar-refractivity contribution in [2.45, 2.75) is 183 Å². The lowest BCUT2D eigenvalue weighted by molar-refractivity contribution is -0.254. The minimum atomic E-state index is -0.267. The Morgan fingerprint density at radius 3 is 1.57 bits per heavy atom. The van der Waals surface area contributed by atoms with Crippen LogP contribution in [0.25, 0.3) is 0 Å². The van der Waals surface area contributed by atoms with Crippen molar-refractivity contribution >= 4 is 0 Å². The molecule has 0 radical (unpaired) electrons. The van der Waals surface area contributed by atoms with Gasteiger partial charge < -0.3 is 5.32 Å². The summed E-state index contributed by atoms with van der Waals surface area (Å²) in [5.41, 5.74) is -0.0264. The molecule has 0 aliphatic heterocycles. The van der Waals surface area contributed by atoms with Crippen LogP contribution in [-0.2, 0) is 0 Å². The molecule has 0 aliphatic carbocycles. The number of unbranched alkanes of at least 4 members (excludes halogenated alkanes) is 7. The molecule has 7 nitrogen and oxygen atoms in total. The van der Waals surface area contributed by atoms with Gasteiger partial charge in [0.05, 0.1) is 11.7 Å². The lowest BCUT2D eigenvalue weighted by atomic mass is 9.92. The van der Waals surface area contributed by atoms with E-state index in [4.69, 9.17) is 0 Å². The first kappa shape index (κ1) is 45.7. The van der Waals surface area contributed by atoms with Crippen molar-refractivity contribution in [3.8, 4) is 0 Å². The SMILES string of the molecule is CCCCCCNC(CCC(C)(NCC)N(CCC)CCC)C(N(C)C)(N(CC)CC)N(CCCCC)N(CCCC)CCCC. The summed E-state index contributed by atoms with van der Waals surface area (Å²) >= 11 is 0. The van der Waals surface area contributed by atoms with E-state index in [-0.39, 0.29) is 11.4 Å². The number of nitrogens with zero attached hydrogens (tertiary/aromatic N) is 5. The predicted molar refractivity (Wildman–Crippen MR) is 206 cm³/mol. The van der Waals surface area contributed by atoms with Gasteiger partial charge in [0.15, 0.2) is 5.79 Å². The summed E-state index contributed by atoms with van der Waals surface area (Å²) < 4.78 is 0. The quantitative estimate of drug-likeness (QED) is 0.0418. The number of likely N-dealkylation sites (N-methyl/N-ethyl adjacent to an activating group) is 2. The minimum absolute atomic E-state index is 0.0264. The first-order valence-electron chi connectivity index (χ1n) is 20.4. The second-order valence-electron chi connectivity index (χ2n) is 14.1. The Bertz CT molecular complexity index is 659. The lowest BCUT2D eigenvalue weighted by Gasteiger charge is -2.61. The molecule has 278 valence electrons. The Morgan fingerprint density at radius 1 is 0.565 bits per heavy atom. The molecule has 0 heterocycles. The van der Waals surface area contributed by atoms with Crippen LogP contribution in [0.1, 0.15) is 166 Å². The summed E-state index contributed by atoms with van der Waals surface area (Å²) in [5.74, 6) is -0.267. The fourth-order valence-electron chi connectivity index (χ4n) is 7.71. The normalized spacial score (nSPS) is 15.8. The maximum Gasteiger partial charge on any atom is 0.159 e. The Labute approximate surface area is 290 Å². The van der Waals surface area contributed by atoms with Crippen LogP contribution in [0.5, 0.6) is 0 Å². The average Bonchev–Trinajstić information content (AvgIpc) is 3.04. The van der Waals surface area contributed by atoms with Crippen LogP contribution < -0.4 is 10.6 Å². The molecule has 3 unspecified atom stereocenters. The molecule has 0 aliphatic rings. The smallest absolute Gasteiger partial charge is 0.159 e. The third kappa shape index (κ3) is 14.7. The van der Waals surface area contributed by atoms with Crippen LogP contribution in [0.3, 0.4) is 0 Å². The molecular formula is C39H87N7. The van der Waals surface area contributed by atoms with Crippen molar-refractivity contribution in [1.82, 2.24) is 35.4 Å². The third-order valence-corrected chi connectivity index (χ3v) is 10.2. The lowest BCUT2D eigenvalue weighted by Crippen LogP contribution is -2.79. The Hall–Kier alpha value is -0.280. The van der Waals surface area contributed by atoms with E-state index in [0.717, 1.165) is 71.7 Å². The number of nitrogens with one attached hydrogen (secondary N) is 2. The summed E-state index contributed by atoms with van der Waals surface area (Å²) in [6.45, 7) is 33.4. The first-order valence-corrected chi connectivity index (χ1v) is 20.4. The van der Waals surface area contributed by atoms with Crippen LogP contribution in [0, 0.1) is 0 Å². The Morgan fingerprint density at radius 2 is 1.11 bits per heavy atom. The zero-order valence-electron chi connectivity index (χ0n) is 33.8. The van der Waals surface area contributed by atoms with E-state index in [1.54, 1.807) is 0 Å². The van der Waals surface area contributed by atoms with Gasteiger partial charge in [-0.15, -0.1) is 0 Å². The van der Waals surface area contributed by atoms with Gasteiger partial charge >= 0.3 is 0 Å². The first-order chi connectivity index (χ1) is 22.2. The molecule has 0 aromatic carbocycles. The average molecular weight is 654 g/mol. The number of hydrazine groups is 1. The van der Waals surface area contributed by atoms with Gasteiger partial charge in [-0.25, -0.2) is 10.0 Å². The van der Waals surface area contributed by atoms with E-state index < -0.39 is 0 Å². The van der Waals surface area contributed by atoms with Gasteiger partial charge in [-0.3, -0.25) is 20.0 Å². The fourth-order valence-corrected chi connectivity index (χ4v) is 7.71. The molecule has 0 aromatic heterocycles. The van der Waals surface area contributed by atoms with Crippen molar-refractivity contribution in [2.75, 3.05) is 73.0 Å². The van der Waals surface area contributed by atoms with Gasteiger partial charge in [0.2, 0.25) is 0 Å². The summed E-state index contributed by atoms with van der Waals surface area (Å²) in [6.07, 6.45) is 18.5. The second-order valence-corrected chi connectivity index (χ2v) is 14.1. The molecule has 0 saturated heterocycles. The van der Waals surface area contributed by atoms with E-state index in [9.17, 15) is 0 Å². The van der Waals surface area contributed by atoms with Crippen LogP contribution in [0.2, 0.25) is 0 Å². The molecule has 0 aromatic rings. The van der Waals surface area contributed by atoms with Crippen molar-refractivity contribution in [3.05, 3.63) is 0 Å². The van der Waals surface area contributed by atoms with Crippen LogP contribution >= 0.6 is 0 Å². The summed E-state index contributed by atoms with van der Waals surface area (Å²) in [5, 5.41) is 14.0. The van der Waals surface area contributed by atoms with E-state index in [0.29, 0.717) is 6.04 Å². The van der Waals surface area contributed by atoms with E-state index in [2.05, 4.69) is 119 Å². The predicted octanol–water partition coefficient (Wildman–Crippen LogP) is 8.62. The monoisotopic (exact) mass is 654 g/mol. The van der Waals surface area contributed by atoms with Gasteiger partial charge in [-0.2, -0.15) is 0 Å². The summed E-state index contributed by atoms with van der Waals surface area (Å²) in [7, 11) is 4.75. The highest BCUT2D eigenvalue weighted by atomic mass is 15.8. The minimum Gasteiger partial charge on any atom is -0.310 e. The van der Waals surface area contributed by atoms with E-state index >= 15 is 0 Å². The van der Waals surface area contributed by atoms with Crippen LogP contribution in [0.15, 0.2) is 0 Å². The van der Waals surface area contributed by atoms with E-state index in [1.165, 1.54) is 83.5 Å². The van der Waals surface area contributed by atoms with Crippen molar-refractivity contribution < 1.29 is 0 Å². The molecule has 2 N–H and O–H groups in total. The largest absolute Gasteiger partial charge is 0.310 e. The maximum atomic E-state index is 4.31. The molecule has 0 bridgehead atoms.